The number of amides is 3. The molecule has 4 rings (SSSR count). The van der Waals surface area contributed by atoms with Crippen molar-refractivity contribution in [2.45, 2.75) is 6.42 Å². The minimum absolute atomic E-state index is 0.0729. The van der Waals surface area contributed by atoms with Gasteiger partial charge in [0.15, 0.2) is 5.76 Å². The summed E-state index contributed by atoms with van der Waals surface area (Å²) in [5, 5.41) is 0.867. The Bertz CT molecular complexity index is 604. The molecule has 0 radical (unpaired) electrons. The van der Waals surface area contributed by atoms with Crippen molar-refractivity contribution in [2.24, 2.45) is 23.7 Å². The molecular formula is C14H12N2O4. The number of furan rings is 1. The number of fused-ring (bicyclic) bond motifs is 5. The Morgan fingerprint density at radius 1 is 1.20 bits per heavy atom. The summed E-state index contributed by atoms with van der Waals surface area (Å²) in [7, 11) is 0. The molecule has 1 saturated carbocycles. The SMILES string of the molecule is O=C(NN1C(=O)[C@@H]2[C@H](C1=O)[C@H]1C=C[C@H]2C1)c1ccco1. The van der Waals surface area contributed by atoms with Crippen LogP contribution in [0.15, 0.2) is 35.0 Å². The Balaban J connectivity index is 1.57. The van der Waals surface area contributed by atoms with E-state index < -0.39 is 5.91 Å². The molecule has 1 aromatic heterocycles. The van der Waals surface area contributed by atoms with Gasteiger partial charge in [0, 0.05) is 0 Å². The fourth-order valence-corrected chi connectivity index (χ4v) is 3.58. The molecule has 2 fully saturated rings. The lowest BCUT2D eigenvalue weighted by atomic mass is 9.85. The second-order valence-corrected chi connectivity index (χ2v) is 5.43. The van der Waals surface area contributed by atoms with Gasteiger partial charge in [0.25, 0.3) is 11.8 Å². The molecule has 102 valence electrons. The van der Waals surface area contributed by atoms with Crippen LogP contribution in [-0.2, 0) is 9.59 Å². The predicted octanol–water partition coefficient (Wildman–Crippen LogP) is 0.732. The Morgan fingerprint density at radius 2 is 1.85 bits per heavy atom. The third kappa shape index (κ3) is 1.36. The second-order valence-electron chi connectivity index (χ2n) is 5.43. The highest BCUT2D eigenvalue weighted by molar-refractivity contribution is 6.08. The quantitative estimate of drug-likeness (QED) is 0.636. The third-order valence-corrected chi connectivity index (χ3v) is 4.43. The summed E-state index contributed by atoms with van der Waals surface area (Å²) in [6, 6.07) is 3.05. The van der Waals surface area contributed by atoms with Crippen LogP contribution in [0.4, 0.5) is 0 Å². The number of nitrogens with zero attached hydrogens (tertiary/aromatic N) is 1. The van der Waals surface area contributed by atoms with Crippen LogP contribution in [0.5, 0.6) is 0 Å². The number of allylic oxidation sites excluding steroid dienone is 2. The maximum absolute atomic E-state index is 12.3. The van der Waals surface area contributed by atoms with Crippen molar-refractivity contribution in [1.82, 2.24) is 10.4 Å². The minimum atomic E-state index is -0.586. The average molecular weight is 272 g/mol. The van der Waals surface area contributed by atoms with E-state index in [0.717, 1.165) is 11.4 Å². The fourth-order valence-electron chi connectivity index (χ4n) is 3.58. The number of hydrogen-bond acceptors (Lipinski definition) is 4. The lowest BCUT2D eigenvalue weighted by molar-refractivity contribution is -0.143. The molecule has 3 amide bonds. The topological polar surface area (TPSA) is 79.6 Å². The van der Waals surface area contributed by atoms with Gasteiger partial charge in [-0.3, -0.25) is 19.8 Å². The van der Waals surface area contributed by atoms with Crippen LogP contribution in [0.1, 0.15) is 17.0 Å². The van der Waals surface area contributed by atoms with Crippen LogP contribution in [0, 0.1) is 23.7 Å². The second kappa shape index (κ2) is 3.82. The van der Waals surface area contributed by atoms with Crippen LogP contribution in [0.3, 0.4) is 0 Å². The fraction of sp³-hybridized carbons (Fsp3) is 0.357. The number of rotatable bonds is 2. The van der Waals surface area contributed by atoms with E-state index in [0.29, 0.717) is 0 Å². The largest absolute Gasteiger partial charge is 0.459 e. The predicted molar refractivity (Wildman–Crippen MR) is 65.7 cm³/mol. The van der Waals surface area contributed by atoms with Crippen molar-refractivity contribution < 1.29 is 18.8 Å². The summed E-state index contributed by atoms with van der Waals surface area (Å²) in [6.07, 6.45) is 6.25. The zero-order valence-electron chi connectivity index (χ0n) is 10.5. The van der Waals surface area contributed by atoms with E-state index in [-0.39, 0.29) is 41.2 Å². The molecule has 1 aromatic rings. The van der Waals surface area contributed by atoms with Crippen molar-refractivity contribution in [2.75, 3.05) is 0 Å². The molecular weight excluding hydrogens is 260 g/mol. The summed E-state index contributed by atoms with van der Waals surface area (Å²) in [6.45, 7) is 0. The Hall–Kier alpha value is -2.37. The molecule has 0 aromatic carbocycles. The maximum Gasteiger partial charge on any atom is 0.305 e. The van der Waals surface area contributed by atoms with Gasteiger partial charge >= 0.3 is 5.91 Å². The molecule has 6 heteroatoms. The van der Waals surface area contributed by atoms with Crippen molar-refractivity contribution in [3.05, 3.63) is 36.3 Å². The molecule has 0 spiro atoms. The molecule has 2 bridgehead atoms. The van der Waals surface area contributed by atoms with E-state index in [1.807, 2.05) is 12.2 Å². The number of carbonyl (C=O) groups is 3. The molecule has 20 heavy (non-hydrogen) atoms. The van der Waals surface area contributed by atoms with Crippen LogP contribution < -0.4 is 5.43 Å². The number of hydrogen-bond donors (Lipinski definition) is 1. The van der Waals surface area contributed by atoms with Gasteiger partial charge in [-0.15, -0.1) is 0 Å². The Labute approximate surface area is 114 Å². The van der Waals surface area contributed by atoms with E-state index in [1.165, 1.54) is 12.3 Å². The van der Waals surface area contributed by atoms with Gasteiger partial charge in [-0.1, -0.05) is 12.2 Å². The first-order valence-electron chi connectivity index (χ1n) is 6.57. The summed E-state index contributed by atoms with van der Waals surface area (Å²) in [4.78, 5) is 36.5. The number of hydrazine groups is 1. The van der Waals surface area contributed by atoms with Gasteiger partial charge in [0.1, 0.15) is 0 Å². The first-order valence-corrected chi connectivity index (χ1v) is 6.57. The van der Waals surface area contributed by atoms with Gasteiger partial charge in [-0.05, 0) is 30.4 Å². The van der Waals surface area contributed by atoms with E-state index in [2.05, 4.69) is 5.43 Å². The van der Waals surface area contributed by atoms with E-state index in [4.69, 9.17) is 4.42 Å². The average Bonchev–Trinajstić information content (AvgIpc) is 3.18. The van der Waals surface area contributed by atoms with Crippen LogP contribution in [0.2, 0.25) is 0 Å². The monoisotopic (exact) mass is 272 g/mol. The van der Waals surface area contributed by atoms with Crippen molar-refractivity contribution >= 4 is 17.7 Å². The lowest BCUT2D eigenvalue weighted by Crippen LogP contribution is -2.47. The minimum Gasteiger partial charge on any atom is -0.459 e. The summed E-state index contributed by atoms with van der Waals surface area (Å²) in [5.41, 5.74) is 2.35. The van der Waals surface area contributed by atoms with Crippen molar-refractivity contribution in [3.63, 3.8) is 0 Å². The van der Waals surface area contributed by atoms with Crippen molar-refractivity contribution in [1.29, 1.82) is 0 Å². The number of imide groups is 1. The normalized spacial score (nSPS) is 33.9. The van der Waals surface area contributed by atoms with Gasteiger partial charge in [0.05, 0.1) is 18.1 Å². The highest BCUT2D eigenvalue weighted by Crippen LogP contribution is 2.52. The first kappa shape index (κ1) is 11.5. The molecule has 1 aliphatic heterocycles. The van der Waals surface area contributed by atoms with Crippen molar-refractivity contribution in [3.8, 4) is 0 Å². The van der Waals surface area contributed by atoms with Gasteiger partial charge in [-0.25, -0.2) is 0 Å². The van der Waals surface area contributed by atoms with Crippen LogP contribution >= 0.6 is 0 Å². The van der Waals surface area contributed by atoms with Gasteiger partial charge in [0.2, 0.25) is 0 Å². The first-order chi connectivity index (χ1) is 9.66. The molecule has 2 aliphatic carbocycles. The van der Waals surface area contributed by atoms with E-state index in [9.17, 15) is 14.4 Å². The van der Waals surface area contributed by atoms with Crippen LogP contribution in [0.25, 0.3) is 0 Å². The molecule has 0 unspecified atom stereocenters. The summed E-state index contributed by atoms with van der Waals surface area (Å²) < 4.78 is 4.95. The molecule has 6 nitrogen and oxygen atoms in total. The van der Waals surface area contributed by atoms with E-state index in [1.54, 1.807) is 6.07 Å². The number of carbonyl (C=O) groups excluding carboxylic acids is 3. The van der Waals surface area contributed by atoms with E-state index >= 15 is 0 Å². The van der Waals surface area contributed by atoms with Gasteiger partial charge in [-0.2, -0.15) is 5.01 Å². The van der Waals surface area contributed by atoms with Crippen LogP contribution in [-0.4, -0.2) is 22.7 Å². The standard InChI is InChI=1S/C14H12N2O4/c17-12(9-2-1-5-20-9)15-16-13(18)10-7-3-4-8(6-7)11(10)14(16)19/h1-5,7-8,10-11H,6H2,(H,15,17)/t7-,8-,10-,11+/m0/s1. The molecule has 4 atom stereocenters. The maximum atomic E-state index is 12.3. The smallest absolute Gasteiger partial charge is 0.305 e. The Morgan fingerprint density at radius 3 is 2.40 bits per heavy atom. The number of nitrogens with one attached hydrogen (secondary N) is 1. The Kier molecular flexibility index (Phi) is 2.19. The highest BCUT2D eigenvalue weighted by Gasteiger charge is 2.59. The molecule has 1 N–H and O–H groups in total. The zero-order chi connectivity index (χ0) is 13.9. The molecule has 1 saturated heterocycles. The highest BCUT2D eigenvalue weighted by atomic mass is 16.3. The van der Waals surface area contributed by atoms with Gasteiger partial charge < -0.3 is 4.42 Å². The molecule has 3 aliphatic rings. The lowest BCUT2D eigenvalue weighted by Gasteiger charge is -2.17. The summed E-state index contributed by atoms with van der Waals surface area (Å²) in [5.74, 6) is -1.49. The zero-order valence-corrected chi connectivity index (χ0v) is 10.5. The molecule has 2 heterocycles. The summed E-state index contributed by atoms with van der Waals surface area (Å²) >= 11 is 0. The third-order valence-electron chi connectivity index (χ3n) is 4.43.